The SMILES string of the molecule is CC1CCN(C(=O)c2cc3cc([N+](=O)[O-])ccc3s2)C(CN)C1.Cl. The number of likely N-dealkylation sites (tertiary alicyclic amines) is 1. The van der Waals surface area contributed by atoms with Gasteiger partial charge in [0.1, 0.15) is 0 Å². The van der Waals surface area contributed by atoms with E-state index in [1.165, 1.54) is 23.5 Å². The molecule has 1 aliphatic rings. The number of nitrogens with zero attached hydrogens (tertiary/aromatic N) is 2. The predicted molar refractivity (Wildman–Crippen MR) is 98.0 cm³/mol. The monoisotopic (exact) mass is 369 g/mol. The summed E-state index contributed by atoms with van der Waals surface area (Å²) >= 11 is 1.38. The molecule has 0 radical (unpaired) electrons. The van der Waals surface area contributed by atoms with Crippen LogP contribution < -0.4 is 5.73 Å². The Labute approximate surface area is 150 Å². The molecule has 0 saturated carbocycles. The molecule has 3 rings (SSSR count). The quantitative estimate of drug-likeness (QED) is 0.663. The second kappa shape index (κ2) is 7.46. The van der Waals surface area contributed by atoms with Gasteiger partial charge in [0.05, 0.1) is 9.80 Å². The molecular formula is C16H20ClN3O3S. The van der Waals surface area contributed by atoms with Gasteiger partial charge in [-0.1, -0.05) is 6.92 Å². The van der Waals surface area contributed by atoms with Gasteiger partial charge in [-0.2, -0.15) is 0 Å². The predicted octanol–water partition coefficient (Wildman–Crippen LogP) is 3.43. The Balaban J connectivity index is 0.00000208. The summed E-state index contributed by atoms with van der Waals surface area (Å²) < 4.78 is 0.883. The van der Waals surface area contributed by atoms with Crippen LogP contribution in [0.5, 0.6) is 0 Å². The fourth-order valence-corrected chi connectivity index (χ4v) is 4.13. The molecular weight excluding hydrogens is 350 g/mol. The highest BCUT2D eigenvalue weighted by molar-refractivity contribution is 7.20. The minimum absolute atomic E-state index is 0. The normalized spacial score (nSPS) is 20.7. The Bertz CT molecular complexity index is 764. The Morgan fingerprint density at radius 2 is 2.21 bits per heavy atom. The molecule has 6 nitrogen and oxygen atoms in total. The van der Waals surface area contributed by atoms with Crippen molar-refractivity contribution in [1.29, 1.82) is 0 Å². The van der Waals surface area contributed by atoms with E-state index in [1.54, 1.807) is 12.1 Å². The highest BCUT2D eigenvalue weighted by Crippen LogP contribution is 2.31. The van der Waals surface area contributed by atoms with Crippen LogP contribution in [0.15, 0.2) is 24.3 Å². The Kier molecular flexibility index (Phi) is 5.79. The van der Waals surface area contributed by atoms with Crippen LogP contribution >= 0.6 is 23.7 Å². The van der Waals surface area contributed by atoms with E-state index in [0.717, 1.165) is 29.5 Å². The van der Waals surface area contributed by atoms with Crippen LogP contribution in [-0.2, 0) is 0 Å². The number of nitrogens with two attached hydrogens (primary N) is 1. The molecule has 0 bridgehead atoms. The summed E-state index contributed by atoms with van der Waals surface area (Å²) in [4.78, 5) is 25.7. The molecule has 0 spiro atoms. The molecule has 1 aliphatic heterocycles. The van der Waals surface area contributed by atoms with Gasteiger partial charge < -0.3 is 10.6 Å². The van der Waals surface area contributed by atoms with Crippen molar-refractivity contribution in [3.63, 3.8) is 0 Å². The number of piperidine rings is 1. The second-order valence-corrected chi connectivity index (χ2v) is 7.19. The summed E-state index contributed by atoms with van der Waals surface area (Å²) in [5.41, 5.74) is 5.88. The van der Waals surface area contributed by atoms with Gasteiger partial charge in [0.25, 0.3) is 11.6 Å². The van der Waals surface area contributed by atoms with Crippen molar-refractivity contribution in [2.24, 2.45) is 11.7 Å². The third-order valence-electron chi connectivity index (χ3n) is 4.43. The molecule has 1 aromatic carbocycles. The maximum absolute atomic E-state index is 12.8. The summed E-state index contributed by atoms with van der Waals surface area (Å²) in [5.74, 6) is 0.564. The summed E-state index contributed by atoms with van der Waals surface area (Å²) in [5, 5.41) is 11.6. The molecule has 2 heterocycles. The molecule has 130 valence electrons. The summed E-state index contributed by atoms with van der Waals surface area (Å²) in [7, 11) is 0. The number of carbonyl (C=O) groups excluding carboxylic acids is 1. The smallest absolute Gasteiger partial charge is 0.270 e. The maximum Gasteiger partial charge on any atom is 0.270 e. The van der Waals surface area contributed by atoms with Crippen LogP contribution in [0.4, 0.5) is 5.69 Å². The van der Waals surface area contributed by atoms with Crippen LogP contribution in [-0.4, -0.2) is 34.9 Å². The zero-order valence-corrected chi connectivity index (χ0v) is 14.9. The topological polar surface area (TPSA) is 89.5 Å². The molecule has 1 aromatic heterocycles. The number of hydrogen-bond acceptors (Lipinski definition) is 5. The Hall–Kier alpha value is -1.70. The lowest BCUT2D eigenvalue weighted by atomic mass is 9.92. The molecule has 24 heavy (non-hydrogen) atoms. The number of amides is 1. The van der Waals surface area contributed by atoms with Crippen LogP contribution in [0.2, 0.25) is 0 Å². The Morgan fingerprint density at radius 3 is 2.88 bits per heavy atom. The number of rotatable bonds is 3. The number of carbonyl (C=O) groups is 1. The number of nitro benzene ring substituents is 1. The minimum Gasteiger partial charge on any atom is -0.334 e. The van der Waals surface area contributed by atoms with E-state index in [-0.39, 0.29) is 30.0 Å². The van der Waals surface area contributed by atoms with Crippen LogP contribution in [0.3, 0.4) is 0 Å². The zero-order valence-electron chi connectivity index (χ0n) is 13.3. The first kappa shape index (κ1) is 18.6. The number of benzene rings is 1. The lowest BCUT2D eigenvalue weighted by Gasteiger charge is -2.37. The van der Waals surface area contributed by atoms with E-state index in [0.29, 0.717) is 17.3 Å². The lowest BCUT2D eigenvalue weighted by Crippen LogP contribution is -2.49. The third-order valence-corrected chi connectivity index (χ3v) is 5.54. The third kappa shape index (κ3) is 3.53. The average molecular weight is 370 g/mol. The number of hydrogen-bond donors (Lipinski definition) is 1. The van der Waals surface area contributed by atoms with Crippen molar-refractivity contribution >= 4 is 45.4 Å². The summed E-state index contributed by atoms with van der Waals surface area (Å²) in [6.45, 7) is 3.37. The first-order valence-electron chi connectivity index (χ1n) is 7.68. The number of fused-ring (bicyclic) bond motifs is 1. The highest BCUT2D eigenvalue weighted by atomic mass is 35.5. The van der Waals surface area contributed by atoms with E-state index in [2.05, 4.69) is 6.92 Å². The summed E-state index contributed by atoms with van der Waals surface area (Å²) in [6, 6.07) is 6.51. The standard InChI is InChI=1S/C16H19N3O3S.ClH/c1-10-4-5-18(13(6-10)9-17)16(20)15-8-11-7-12(19(21)22)2-3-14(11)23-15;/h2-3,7-8,10,13H,4-6,9,17H2,1H3;1H. The van der Waals surface area contributed by atoms with Gasteiger partial charge in [-0.05, 0) is 30.9 Å². The zero-order chi connectivity index (χ0) is 16.6. The molecule has 1 fully saturated rings. The highest BCUT2D eigenvalue weighted by Gasteiger charge is 2.30. The summed E-state index contributed by atoms with van der Waals surface area (Å²) in [6.07, 6.45) is 1.91. The van der Waals surface area contributed by atoms with Crippen molar-refractivity contribution in [3.05, 3.63) is 39.3 Å². The van der Waals surface area contributed by atoms with E-state index in [4.69, 9.17) is 5.73 Å². The number of nitro groups is 1. The van der Waals surface area contributed by atoms with E-state index < -0.39 is 4.92 Å². The van der Waals surface area contributed by atoms with Crippen LogP contribution in [0.1, 0.15) is 29.4 Å². The first-order chi connectivity index (χ1) is 11.0. The molecule has 1 saturated heterocycles. The van der Waals surface area contributed by atoms with Gasteiger partial charge >= 0.3 is 0 Å². The van der Waals surface area contributed by atoms with E-state index in [1.807, 2.05) is 4.90 Å². The van der Waals surface area contributed by atoms with Crippen LogP contribution in [0.25, 0.3) is 10.1 Å². The molecule has 2 N–H and O–H groups in total. The van der Waals surface area contributed by atoms with Crippen molar-refractivity contribution in [1.82, 2.24) is 4.90 Å². The second-order valence-electron chi connectivity index (χ2n) is 6.11. The van der Waals surface area contributed by atoms with Crippen molar-refractivity contribution in [2.75, 3.05) is 13.1 Å². The van der Waals surface area contributed by atoms with E-state index in [9.17, 15) is 14.9 Å². The van der Waals surface area contributed by atoms with Gasteiger partial charge in [0.15, 0.2) is 0 Å². The molecule has 2 atom stereocenters. The van der Waals surface area contributed by atoms with Gasteiger partial charge in [0, 0.05) is 41.4 Å². The fraction of sp³-hybridized carbons (Fsp3) is 0.438. The molecule has 8 heteroatoms. The number of non-ortho nitro benzene ring substituents is 1. The van der Waals surface area contributed by atoms with Gasteiger partial charge in [-0.25, -0.2) is 0 Å². The van der Waals surface area contributed by atoms with Crippen molar-refractivity contribution < 1.29 is 9.72 Å². The van der Waals surface area contributed by atoms with Crippen molar-refractivity contribution in [2.45, 2.75) is 25.8 Å². The first-order valence-corrected chi connectivity index (χ1v) is 8.50. The molecule has 0 aliphatic carbocycles. The van der Waals surface area contributed by atoms with E-state index >= 15 is 0 Å². The van der Waals surface area contributed by atoms with Gasteiger partial charge in [0.2, 0.25) is 0 Å². The molecule has 1 amide bonds. The molecule has 2 aromatic rings. The largest absolute Gasteiger partial charge is 0.334 e. The fourth-order valence-electron chi connectivity index (χ4n) is 3.13. The molecule has 2 unspecified atom stereocenters. The van der Waals surface area contributed by atoms with Gasteiger partial charge in [-0.3, -0.25) is 14.9 Å². The van der Waals surface area contributed by atoms with Gasteiger partial charge in [-0.15, -0.1) is 23.7 Å². The van der Waals surface area contributed by atoms with Crippen LogP contribution in [0, 0.1) is 16.0 Å². The lowest BCUT2D eigenvalue weighted by molar-refractivity contribution is -0.384. The average Bonchev–Trinajstić information content (AvgIpc) is 2.97. The maximum atomic E-state index is 12.8. The number of halogens is 1. The Morgan fingerprint density at radius 1 is 1.46 bits per heavy atom. The number of thiophene rings is 1. The van der Waals surface area contributed by atoms with Crippen molar-refractivity contribution in [3.8, 4) is 0 Å². The minimum atomic E-state index is -0.422.